The third kappa shape index (κ3) is 4.63. The van der Waals surface area contributed by atoms with Gasteiger partial charge in [-0.05, 0) is 30.9 Å². The van der Waals surface area contributed by atoms with Crippen LogP contribution < -0.4 is 10.1 Å². The number of halogens is 3. The fourth-order valence-electron chi connectivity index (χ4n) is 2.03. The monoisotopic (exact) mass is 275 g/mol. The molecule has 0 bridgehead atoms. The molecule has 0 radical (unpaired) electrons. The van der Waals surface area contributed by atoms with Gasteiger partial charge in [0.1, 0.15) is 0 Å². The van der Waals surface area contributed by atoms with E-state index >= 15 is 0 Å². The Labute approximate surface area is 109 Å². The lowest BCUT2D eigenvalue weighted by Crippen LogP contribution is -2.23. The predicted molar refractivity (Wildman–Crippen MR) is 65.2 cm³/mol. The van der Waals surface area contributed by atoms with Gasteiger partial charge in [-0.2, -0.15) is 0 Å². The van der Waals surface area contributed by atoms with Gasteiger partial charge in [-0.25, -0.2) is 0 Å². The van der Waals surface area contributed by atoms with Gasteiger partial charge in [0.05, 0.1) is 5.69 Å². The summed E-state index contributed by atoms with van der Waals surface area (Å²) < 4.78 is 46.0. The van der Waals surface area contributed by atoms with Gasteiger partial charge in [-0.15, -0.1) is 13.2 Å². The fraction of sp³-hybridized carbons (Fsp3) is 0.538. The lowest BCUT2D eigenvalue weighted by Gasteiger charge is -2.23. The van der Waals surface area contributed by atoms with Crippen LogP contribution >= 0.6 is 0 Å². The number of nitrogens with one attached hydrogen (secondary N) is 1. The van der Waals surface area contributed by atoms with Crippen LogP contribution in [0.2, 0.25) is 0 Å². The summed E-state index contributed by atoms with van der Waals surface area (Å²) in [5, 5.41) is 3.02. The zero-order chi connectivity index (χ0) is 13.7. The van der Waals surface area contributed by atoms with Gasteiger partial charge in [0.25, 0.3) is 0 Å². The van der Waals surface area contributed by atoms with Crippen molar-refractivity contribution in [1.29, 1.82) is 0 Å². The normalized spacial score (nSPS) is 17.2. The van der Waals surface area contributed by atoms with Gasteiger partial charge in [0, 0.05) is 19.8 Å². The molecule has 1 heterocycles. The van der Waals surface area contributed by atoms with E-state index in [1.54, 1.807) is 12.1 Å². The molecule has 1 aliphatic heterocycles. The van der Waals surface area contributed by atoms with Gasteiger partial charge >= 0.3 is 6.36 Å². The van der Waals surface area contributed by atoms with Crippen LogP contribution in [0, 0.1) is 5.92 Å². The zero-order valence-electron chi connectivity index (χ0n) is 10.4. The van der Waals surface area contributed by atoms with E-state index in [2.05, 4.69) is 10.1 Å². The Bertz CT molecular complexity index is 403. The molecule has 0 aliphatic carbocycles. The molecule has 0 saturated carbocycles. The van der Waals surface area contributed by atoms with Gasteiger partial charge in [0.15, 0.2) is 5.75 Å². The molecule has 106 valence electrons. The van der Waals surface area contributed by atoms with Crippen LogP contribution in [-0.4, -0.2) is 26.1 Å². The zero-order valence-corrected chi connectivity index (χ0v) is 10.4. The van der Waals surface area contributed by atoms with E-state index in [9.17, 15) is 13.2 Å². The van der Waals surface area contributed by atoms with Crippen molar-refractivity contribution >= 4 is 5.69 Å². The SMILES string of the molecule is FC(F)(F)Oc1ccccc1NCC1CCOCC1. The first-order valence-corrected chi connectivity index (χ1v) is 6.21. The second-order valence-corrected chi connectivity index (χ2v) is 4.48. The number of anilines is 1. The van der Waals surface area contributed by atoms with Crippen LogP contribution in [0.15, 0.2) is 24.3 Å². The standard InChI is InChI=1S/C13H16F3NO2/c14-13(15,16)19-12-4-2-1-3-11(12)17-9-10-5-7-18-8-6-10/h1-4,10,17H,5-9H2. The number of rotatable bonds is 4. The highest BCUT2D eigenvalue weighted by molar-refractivity contribution is 5.56. The minimum absolute atomic E-state index is 0.193. The third-order valence-electron chi connectivity index (χ3n) is 3.03. The molecular weight excluding hydrogens is 259 g/mol. The minimum Gasteiger partial charge on any atom is -0.404 e. The van der Waals surface area contributed by atoms with Crippen molar-refractivity contribution in [1.82, 2.24) is 0 Å². The van der Waals surface area contributed by atoms with Crippen LogP contribution in [0.5, 0.6) is 5.75 Å². The van der Waals surface area contributed by atoms with Crippen molar-refractivity contribution in [2.75, 3.05) is 25.1 Å². The molecule has 2 rings (SSSR count). The van der Waals surface area contributed by atoms with Crippen LogP contribution in [0.1, 0.15) is 12.8 Å². The summed E-state index contributed by atoms with van der Waals surface area (Å²) in [6, 6.07) is 6.08. The molecule has 1 aliphatic rings. The van der Waals surface area contributed by atoms with Crippen LogP contribution in [0.25, 0.3) is 0 Å². The topological polar surface area (TPSA) is 30.5 Å². The first-order valence-electron chi connectivity index (χ1n) is 6.21. The molecule has 3 nitrogen and oxygen atoms in total. The van der Waals surface area contributed by atoms with Crippen LogP contribution in [0.3, 0.4) is 0 Å². The van der Waals surface area contributed by atoms with E-state index in [0.717, 1.165) is 12.8 Å². The molecule has 1 aromatic rings. The van der Waals surface area contributed by atoms with Crippen LogP contribution in [0.4, 0.5) is 18.9 Å². The molecule has 0 unspecified atom stereocenters. The largest absolute Gasteiger partial charge is 0.573 e. The quantitative estimate of drug-likeness (QED) is 0.913. The summed E-state index contributed by atoms with van der Waals surface area (Å²) in [5.74, 6) is 0.231. The molecule has 0 amide bonds. The maximum absolute atomic E-state index is 12.2. The van der Waals surface area contributed by atoms with E-state index in [0.29, 0.717) is 31.4 Å². The van der Waals surface area contributed by atoms with Gasteiger partial charge in [-0.1, -0.05) is 12.1 Å². The molecule has 0 atom stereocenters. The highest BCUT2D eigenvalue weighted by Crippen LogP contribution is 2.30. The van der Waals surface area contributed by atoms with Gasteiger partial charge in [0.2, 0.25) is 0 Å². The Morgan fingerprint density at radius 1 is 1.21 bits per heavy atom. The van der Waals surface area contributed by atoms with E-state index in [1.807, 2.05) is 0 Å². The third-order valence-corrected chi connectivity index (χ3v) is 3.03. The molecule has 1 fully saturated rings. The Balaban J connectivity index is 1.95. The number of hydrogen-bond acceptors (Lipinski definition) is 3. The second-order valence-electron chi connectivity index (χ2n) is 4.48. The maximum atomic E-state index is 12.2. The smallest absolute Gasteiger partial charge is 0.404 e. The predicted octanol–water partition coefficient (Wildman–Crippen LogP) is 3.42. The molecule has 1 saturated heterocycles. The first kappa shape index (κ1) is 14.0. The first-order chi connectivity index (χ1) is 9.04. The van der Waals surface area contributed by atoms with E-state index in [4.69, 9.17) is 4.74 Å². The molecule has 0 aromatic heterocycles. The fourth-order valence-corrected chi connectivity index (χ4v) is 2.03. The number of ether oxygens (including phenoxy) is 2. The van der Waals surface area contributed by atoms with E-state index in [1.165, 1.54) is 12.1 Å². The van der Waals surface area contributed by atoms with Crippen molar-refractivity contribution < 1.29 is 22.6 Å². The van der Waals surface area contributed by atoms with Gasteiger partial charge in [-0.3, -0.25) is 0 Å². The lowest BCUT2D eigenvalue weighted by atomic mass is 10.0. The van der Waals surface area contributed by atoms with Crippen molar-refractivity contribution in [3.63, 3.8) is 0 Å². The average molecular weight is 275 g/mol. The van der Waals surface area contributed by atoms with E-state index in [-0.39, 0.29) is 5.75 Å². The molecule has 6 heteroatoms. The maximum Gasteiger partial charge on any atom is 0.573 e. The van der Waals surface area contributed by atoms with E-state index < -0.39 is 6.36 Å². The van der Waals surface area contributed by atoms with Crippen LogP contribution in [-0.2, 0) is 4.74 Å². The highest BCUT2D eigenvalue weighted by Gasteiger charge is 2.32. The van der Waals surface area contributed by atoms with Crippen molar-refractivity contribution in [3.05, 3.63) is 24.3 Å². The van der Waals surface area contributed by atoms with Gasteiger partial charge < -0.3 is 14.8 Å². The summed E-state index contributed by atoms with van der Waals surface area (Å²) in [7, 11) is 0. The average Bonchev–Trinajstić information content (AvgIpc) is 2.37. The Kier molecular flexibility index (Phi) is 4.52. The number of alkyl halides is 3. The molecule has 1 N–H and O–H groups in total. The van der Waals surface area contributed by atoms with Crippen molar-refractivity contribution in [2.24, 2.45) is 5.92 Å². The Morgan fingerprint density at radius 3 is 2.58 bits per heavy atom. The second kappa shape index (κ2) is 6.14. The summed E-state index contributed by atoms with van der Waals surface area (Å²) >= 11 is 0. The number of para-hydroxylation sites is 2. The summed E-state index contributed by atoms with van der Waals surface area (Å²) in [4.78, 5) is 0. The molecular formula is C13H16F3NO2. The molecule has 0 spiro atoms. The minimum atomic E-state index is -4.67. The molecule has 1 aromatic carbocycles. The summed E-state index contributed by atoms with van der Waals surface area (Å²) in [6.07, 6.45) is -2.82. The lowest BCUT2D eigenvalue weighted by molar-refractivity contribution is -0.274. The highest BCUT2D eigenvalue weighted by atomic mass is 19.4. The van der Waals surface area contributed by atoms with Crippen molar-refractivity contribution in [2.45, 2.75) is 19.2 Å². The number of hydrogen-bond donors (Lipinski definition) is 1. The Morgan fingerprint density at radius 2 is 1.89 bits per heavy atom. The van der Waals surface area contributed by atoms with Crippen molar-refractivity contribution in [3.8, 4) is 5.75 Å². The summed E-state index contributed by atoms with van der Waals surface area (Å²) in [6.45, 7) is 2.06. The molecule has 19 heavy (non-hydrogen) atoms. The Hall–Kier alpha value is -1.43. The number of benzene rings is 1. The summed E-state index contributed by atoms with van der Waals surface area (Å²) in [5.41, 5.74) is 0.367.